The van der Waals surface area contributed by atoms with Gasteiger partial charge in [-0.25, -0.2) is 9.59 Å². The van der Waals surface area contributed by atoms with Crippen LogP contribution < -0.4 is 10.1 Å². The number of rotatable bonds is 5. The van der Waals surface area contributed by atoms with E-state index >= 15 is 0 Å². The third-order valence-corrected chi connectivity index (χ3v) is 2.70. The van der Waals surface area contributed by atoms with Gasteiger partial charge in [0, 0.05) is 19.3 Å². The van der Waals surface area contributed by atoms with Crippen molar-refractivity contribution in [3.63, 3.8) is 0 Å². The van der Waals surface area contributed by atoms with Gasteiger partial charge in [-0.05, 0) is 29.8 Å². The fourth-order valence-corrected chi connectivity index (χ4v) is 1.58. The smallest absolute Gasteiger partial charge is 0.414 e. The highest BCUT2D eigenvalue weighted by Gasteiger charge is 2.04. The second kappa shape index (κ2) is 9.91. The summed E-state index contributed by atoms with van der Waals surface area (Å²) in [4.78, 5) is 22.5. The lowest BCUT2D eigenvalue weighted by molar-refractivity contribution is -0.159. The molecule has 23 heavy (non-hydrogen) atoms. The monoisotopic (exact) mass is 318 g/mol. The Morgan fingerprint density at radius 3 is 2.17 bits per heavy atom. The molecule has 122 valence electrons. The van der Waals surface area contributed by atoms with Crippen molar-refractivity contribution in [2.75, 3.05) is 7.11 Å². The van der Waals surface area contributed by atoms with E-state index in [9.17, 15) is 0 Å². The molecule has 2 aromatic rings. The fourth-order valence-electron chi connectivity index (χ4n) is 1.58. The van der Waals surface area contributed by atoms with E-state index in [4.69, 9.17) is 24.5 Å². The van der Waals surface area contributed by atoms with Crippen LogP contribution in [0.1, 0.15) is 11.3 Å². The molecule has 0 fully saturated rings. The number of benzene rings is 1. The maximum Gasteiger partial charge on any atom is 0.414 e. The summed E-state index contributed by atoms with van der Waals surface area (Å²) in [6.07, 6.45) is 1.81. The van der Waals surface area contributed by atoms with E-state index in [2.05, 4.69) is 22.4 Å². The van der Waals surface area contributed by atoms with Crippen LogP contribution in [0.15, 0.2) is 48.7 Å². The Kier molecular flexibility index (Phi) is 7.81. The number of carbonyl (C=O) groups is 2. The average Bonchev–Trinajstić information content (AvgIpc) is 2.57. The molecule has 0 saturated carbocycles. The predicted molar refractivity (Wildman–Crippen MR) is 83.0 cm³/mol. The molecule has 0 unspecified atom stereocenters. The number of ether oxygens (including phenoxy) is 1. The Balaban J connectivity index is 0.000000379. The van der Waals surface area contributed by atoms with Gasteiger partial charge in [-0.15, -0.1) is 0 Å². The first-order chi connectivity index (χ1) is 11.0. The van der Waals surface area contributed by atoms with Crippen molar-refractivity contribution in [1.82, 2.24) is 10.3 Å². The van der Waals surface area contributed by atoms with Crippen LogP contribution in [0.2, 0.25) is 0 Å². The van der Waals surface area contributed by atoms with Crippen LogP contribution in [0.4, 0.5) is 0 Å². The number of nitrogens with zero attached hydrogens (tertiary/aromatic N) is 1. The molecule has 0 saturated heterocycles. The summed E-state index contributed by atoms with van der Waals surface area (Å²) in [5.74, 6) is -2.76. The van der Waals surface area contributed by atoms with Gasteiger partial charge in [-0.2, -0.15) is 0 Å². The minimum absolute atomic E-state index is 0.785. The summed E-state index contributed by atoms with van der Waals surface area (Å²) in [6, 6.07) is 14.0. The number of nitrogens with one attached hydrogen (secondary N) is 1. The Bertz CT molecular complexity index is 602. The predicted octanol–water partition coefficient (Wildman–Crippen LogP) is 1.54. The molecule has 7 nitrogen and oxygen atoms in total. The number of aliphatic carboxylic acids is 2. The highest BCUT2D eigenvalue weighted by Crippen LogP contribution is 2.10. The van der Waals surface area contributed by atoms with Crippen LogP contribution in [0.25, 0.3) is 0 Å². The lowest BCUT2D eigenvalue weighted by Gasteiger charge is -2.05. The van der Waals surface area contributed by atoms with Gasteiger partial charge in [0.15, 0.2) is 0 Å². The van der Waals surface area contributed by atoms with E-state index in [0.717, 1.165) is 24.5 Å². The van der Waals surface area contributed by atoms with Crippen molar-refractivity contribution in [2.45, 2.75) is 13.1 Å². The zero-order chi connectivity index (χ0) is 17.1. The molecule has 1 aromatic carbocycles. The van der Waals surface area contributed by atoms with Gasteiger partial charge < -0.3 is 20.3 Å². The summed E-state index contributed by atoms with van der Waals surface area (Å²) in [5, 5.41) is 18.1. The van der Waals surface area contributed by atoms with Gasteiger partial charge in [0.2, 0.25) is 0 Å². The van der Waals surface area contributed by atoms with Gasteiger partial charge in [-0.3, -0.25) is 4.98 Å². The normalized spacial score (nSPS) is 9.43. The van der Waals surface area contributed by atoms with E-state index in [1.54, 1.807) is 7.11 Å². The second-order valence-corrected chi connectivity index (χ2v) is 4.38. The van der Waals surface area contributed by atoms with Crippen molar-refractivity contribution in [3.05, 3.63) is 59.9 Å². The summed E-state index contributed by atoms with van der Waals surface area (Å²) >= 11 is 0. The first-order valence-corrected chi connectivity index (χ1v) is 6.72. The molecule has 1 heterocycles. The molecule has 7 heteroatoms. The van der Waals surface area contributed by atoms with Gasteiger partial charge >= 0.3 is 11.9 Å². The number of pyridine rings is 1. The van der Waals surface area contributed by atoms with Crippen LogP contribution in [0.5, 0.6) is 5.75 Å². The molecule has 0 aliphatic carbocycles. The molecule has 0 bridgehead atoms. The summed E-state index contributed by atoms with van der Waals surface area (Å²) in [6.45, 7) is 1.62. The average molecular weight is 318 g/mol. The largest absolute Gasteiger partial charge is 0.497 e. The highest BCUT2D eigenvalue weighted by molar-refractivity contribution is 6.27. The standard InChI is InChI=1S/C14H16N2O.C2H2O4/c1-17-14-7-5-12(6-8-14)10-15-11-13-4-2-3-9-16-13;3-1(4)2(5)6/h2-9,15H,10-11H2,1H3;(H,3,4)(H,5,6). The van der Waals surface area contributed by atoms with E-state index < -0.39 is 11.9 Å². The molecule has 0 radical (unpaired) electrons. The number of hydrogen-bond donors (Lipinski definition) is 3. The topological polar surface area (TPSA) is 109 Å². The number of methoxy groups -OCH3 is 1. The Labute approximate surface area is 133 Å². The van der Waals surface area contributed by atoms with E-state index in [-0.39, 0.29) is 0 Å². The number of carboxylic acid groups (broad SMARTS) is 2. The maximum absolute atomic E-state index is 9.10. The first kappa shape index (κ1) is 18.1. The third-order valence-electron chi connectivity index (χ3n) is 2.70. The molecule has 3 N–H and O–H groups in total. The lowest BCUT2D eigenvalue weighted by Crippen LogP contribution is -2.13. The van der Waals surface area contributed by atoms with Crippen molar-refractivity contribution < 1.29 is 24.5 Å². The third kappa shape index (κ3) is 7.58. The summed E-state index contributed by atoms with van der Waals surface area (Å²) < 4.78 is 5.11. The molecule has 0 aliphatic heterocycles. The summed E-state index contributed by atoms with van der Waals surface area (Å²) in [5.41, 5.74) is 2.29. The minimum Gasteiger partial charge on any atom is -0.497 e. The van der Waals surface area contributed by atoms with Crippen LogP contribution in [-0.4, -0.2) is 34.2 Å². The van der Waals surface area contributed by atoms with E-state index in [1.165, 1.54) is 5.56 Å². The fraction of sp³-hybridized carbons (Fsp3) is 0.188. The number of carboxylic acids is 2. The van der Waals surface area contributed by atoms with Crippen LogP contribution in [0.3, 0.4) is 0 Å². The van der Waals surface area contributed by atoms with Gasteiger partial charge in [-0.1, -0.05) is 18.2 Å². The zero-order valence-corrected chi connectivity index (χ0v) is 12.6. The molecule has 0 aliphatic rings. The Morgan fingerprint density at radius 2 is 1.70 bits per heavy atom. The van der Waals surface area contributed by atoms with Crippen molar-refractivity contribution >= 4 is 11.9 Å². The minimum atomic E-state index is -1.82. The van der Waals surface area contributed by atoms with Crippen LogP contribution in [0, 0.1) is 0 Å². The van der Waals surface area contributed by atoms with Crippen LogP contribution >= 0.6 is 0 Å². The van der Waals surface area contributed by atoms with Crippen molar-refractivity contribution in [2.24, 2.45) is 0 Å². The molecule has 0 amide bonds. The maximum atomic E-state index is 9.10. The second-order valence-electron chi connectivity index (χ2n) is 4.38. The number of hydrogen-bond acceptors (Lipinski definition) is 5. The summed E-state index contributed by atoms with van der Waals surface area (Å²) in [7, 11) is 1.67. The molecule has 0 spiro atoms. The highest BCUT2D eigenvalue weighted by atomic mass is 16.5. The molecule has 1 aromatic heterocycles. The zero-order valence-electron chi connectivity index (χ0n) is 12.6. The molecule has 0 atom stereocenters. The van der Waals surface area contributed by atoms with E-state index in [1.807, 2.05) is 36.5 Å². The van der Waals surface area contributed by atoms with Gasteiger partial charge in [0.1, 0.15) is 5.75 Å². The van der Waals surface area contributed by atoms with Crippen molar-refractivity contribution in [3.8, 4) is 5.75 Å². The molecule has 2 rings (SSSR count). The molecular formula is C16H18N2O5. The Morgan fingerprint density at radius 1 is 1.04 bits per heavy atom. The quantitative estimate of drug-likeness (QED) is 0.717. The van der Waals surface area contributed by atoms with Crippen LogP contribution in [-0.2, 0) is 22.7 Å². The van der Waals surface area contributed by atoms with Gasteiger partial charge in [0.25, 0.3) is 0 Å². The van der Waals surface area contributed by atoms with Crippen molar-refractivity contribution in [1.29, 1.82) is 0 Å². The van der Waals surface area contributed by atoms with Gasteiger partial charge in [0.05, 0.1) is 12.8 Å². The van der Waals surface area contributed by atoms with E-state index in [0.29, 0.717) is 0 Å². The lowest BCUT2D eigenvalue weighted by atomic mass is 10.2. The first-order valence-electron chi connectivity index (χ1n) is 6.72. The Hall–Kier alpha value is -2.93. The SMILES string of the molecule is COc1ccc(CNCc2ccccn2)cc1.O=C(O)C(=O)O. The molecular weight excluding hydrogens is 300 g/mol. The number of aromatic nitrogens is 1.